The molecule has 148 valence electrons. The van der Waals surface area contributed by atoms with Crippen molar-refractivity contribution in [1.29, 1.82) is 0 Å². The Bertz CT molecular complexity index is 1190. The van der Waals surface area contributed by atoms with Crippen molar-refractivity contribution >= 4 is 28.4 Å². The number of benzene rings is 1. The first-order valence-electron chi connectivity index (χ1n) is 9.29. The van der Waals surface area contributed by atoms with E-state index in [1.54, 1.807) is 16.8 Å². The van der Waals surface area contributed by atoms with Crippen molar-refractivity contribution in [3.63, 3.8) is 0 Å². The molecule has 0 unspecified atom stereocenters. The van der Waals surface area contributed by atoms with Crippen LogP contribution in [0.25, 0.3) is 11.0 Å². The summed E-state index contributed by atoms with van der Waals surface area (Å²) in [4.78, 5) is 21.3. The fraction of sp³-hybridized carbons (Fsp3) is 0.238. The molecule has 29 heavy (non-hydrogen) atoms. The van der Waals surface area contributed by atoms with Crippen LogP contribution in [0.5, 0.6) is 0 Å². The van der Waals surface area contributed by atoms with Crippen LogP contribution in [0.15, 0.2) is 40.8 Å². The Kier molecular flexibility index (Phi) is 4.75. The Balaban J connectivity index is 1.49. The number of aromatic nitrogens is 4. The maximum absolute atomic E-state index is 12.3. The molecule has 0 atom stereocenters. The van der Waals surface area contributed by atoms with Crippen molar-refractivity contribution in [3.8, 4) is 0 Å². The third-order valence-electron chi connectivity index (χ3n) is 4.70. The highest BCUT2D eigenvalue weighted by molar-refractivity contribution is 5.95. The summed E-state index contributed by atoms with van der Waals surface area (Å²) in [5.41, 5.74) is 3.90. The average Bonchev–Trinajstić information content (AvgIpc) is 3.24. The van der Waals surface area contributed by atoms with Gasteiger partial charge in [0.2, 0.25) is 0 Å². The van der Waals surface area contributed by atoms with E-state index in [2.05, 4.69) is 25.7 Å². The van der Waals surface area contributed by atoms with Gasteiger partial charge in [-0.05, 0) is 57.2 Å². The summed E-state index contributed by atoms with van der Waals surface area (Å²) >= 11 is 0. The molecule has 0 spiro atoms. The summed E-state index contributed by atoms with van der Waals surface area (Å²) in [5.74, 6) is 2.69. The SMILES string of the molecule is Cc1nc(Nc2ccc(C(=O)NCc3ccc(C)o3)cc2)c2nn(C)c(C)c2n1. The quantitative estimate of drug-likeness (QED) is 0.541. The second-order valence-electron chi connectivity index (χ2n) is 6.92. The number of fused-ring (bicyclic) bond motifs is 1. The Morgan fingerprint density at radius 1 is 1.03 bits per heavy atom. The lowest BCUT2D eigenvalue weighted by Gasteiger charge is -2.08. The van der Waals surface area contributed by atoms with Crippen LogP contribution in [0.3, 0.4) is 0 Å². The predicted octanol–water partition coefficient (Wildman–Crippen LogP) is 3.56. The Hall–Kier alpha value is -3.68. The predicted molar refractivity (Wildman–Crippen MR) is 110 cm³/mol. The fourth-order valence-electron chi connectivity index (χ4n) is 3.07. The Morgan fingerprint density at radius 3 is 2.48 bits per heavy atom. The van der Waals surface area contributed by atoms with Gasteiger partial charge in [-0.1, -0.05) is 0 Å². The maximum Gasteiger partial charge on any atom is 0.251 e. The number of nitrogens with one attached hydrogen (secondary N) is 2. The molecule has 1 amide bonds. The normalized spacial score (nSPS) is 11.0. The second kappa shape index (κ2) is 7.38. The second-order valence-corrected chi connectivity index (χ2v) is 6.92. The average molecular weight is 390 g/mol. The molecule has 3 aromatic heterocycles. The zero-order valence-corrected chi connectivity index (χ0v) is 16.8. The molecule has 8 nitrogen and oxygen atoms in total. The minimum atomic E-state index is -0.161. The largest absolute Gasteiger partial charge is 0.465 e. The van der Waals surface area contributed by atoms with Crippen LogP contribution in [-0.2, 0) is 13.6 Å². The van der Waals surface area contributed by atoms with Gasteiger partial charge in [-0.25, -0.2) is 9.97 Å². The van der Waals surface area contributed by atoms with Crippen LogP contribution in [0.2, 0.25) is 0 Å². The molecule has 4 rings (SSSR count). The molecule has 0 aliphatic carbocycles. The summed E-state index contributed by atoms with van der Waals surface area (Å²) in [6, 6.07) is 10.9. The van der Waals surface area contributed by atoms with Crippen LogP contribution in [-0.4, -0.2) is 25.7 Å². The smallest absolute Gasteiger partial charge is 0.251 e. The highest BCUT2D eigenvalue weighted by Gasteiger charge is 2.14. The third-order valence-corrected chi connectivity index (χ3v) is 4.70. The molecule has 1 aromatic carbocycles. The minimum Gasteiger partial charge on any atom is -0.465 e. The number of carbonyl (C=O) groups excluding carboxylic acids is 1. The standard InChI is InChI=1S/C21H22N6O2/c1-12-5-10-17(29-12)11-22-21(28)15-6-8-16(9-7-15)25-20-19-18(23-14(3)24-20)13(2)27(4)26-19/h5-10H,11H2,1-4H3,(H,22,28)(H,23,24,25). The lowest BCUT2D eigenvalue weighted by atomic mass is 10.2. The van der Waals surface area contributed by atoms with Crippen molar-refractivity contribution in [2.45, 2.75) is 27.3 Å². The molecule has 0 fully saturated rings. The summed E-state index contributed by atoms with van der Waals surface area (Å²) in [6.07, 6.45) is 0. The molecule has 8 heteroatoms. The molecule has 2 N–H and O–H groups in total. The number of hydrogen-bond acceptors (Lipinski definition) is 6. The third kappa shape index (κ3) is 3.82. The van der Waals surface area contributed by atoms with Crippen molar-refractivity contribution < 1.29 is 9.21 Å². The first kappa shape index (κ1) is 18.7. The number of anilines is 2. The van der Waals surface area contributed by atoms with E-state index in [1.165, 1.54) is 0 Å². The Morgan fingerprint density at radius 2 is 1.79 bits per heavy atom. The van der Waals surface area contributed by atoms with Gasteiger partial charge in [-0.15, -0.1) is 0 Å². The van der Waals surface area contributed by atoms with Gasteiger partial charge in [0.1, 0.15) is 22.9 Å². The first-order chi connectivity index (χ1) is 13.9. The van der Waals surface area contributed by atoms with Gasteiger partial charge in [0, 0.05) is 18.3 Å². The van der Waals surface area contributed by atoms with Crippen molar-refractivity contribution in [3.05, 3.63) is 65.0 Å². The van der Waals surface area contributed by atoms with E-state index in [-0.39, 0.29) is 5.91 Å². The van der Waals surface area contributed by atoms with Crippen LogP contribution in [0.4, 0.5) is 11.5 Å². The number of hydrogen-bond donors (Lipinski definition) is 2. The number of nitrogens with zero attached hydrogens (tertiary/aromatic N) is 4. The summed E-state index contributed by atoms with van der Waals surface area (Å²) < 4.78 is 7.26. The van der Waals surface area contributed by atoms with Crippen LogP contribution in [0.1, 0.15) is 33.4 Å². The number of carbonyl (C=O) groups is 1. The highest BCUT2D eigenvalue weighted by atomic mass is 16.3. The van der Waals surface area contributed by atoms with E-state index < -0.39 is 0 Å². The monoisotopic (exact) mass is 390 g/mol. The van der Waals surface area contributed by atoms with Gasteiger partial charge in [0.15, 0.2) is 11.3 Å². The van der Waals surface area contributed by atoms with Crippen LogP contribution >= 0.6 is 0 Å². The number of aryl methyl sites for hydroxylation is 4. The molecule has 0 radical (unpaired) electrons. The Labute approximate surface area is 168 Å². The maximum atomic E-state index is 12.3. The van der Waals surface area contributed by atoms with Crippen molar-refractivity contribution in [1.82, 2.24) is 25.1 Å². The highest BCUT2D eigenvalue weighted by Crippen LogP contribution is 2.25. The van der Waals surface area contributed by atoms with Crippen molar-refractivity contribution in [2.75, 3.05) is 5.32 Å². The van der Waals surface area contributed by atoms with E-state index >= 15 is 0 Å². The molecule has 3 heterocycles. The summed E-state index contributed by atoms with van der Waals surface area (Å²) in [5, 5.41) is 10.6. The molecule has 0 aliphatic heterocycles. The molecule has 0 saturated carbocycles. The molecule has 0 bridgehead atoms. The van der Waals surface area contributed by atoms with E-state index in [1.807, 2.05) is 52.1 Å². The van der Waals surface area contributed by atoms with Crippen LogP contribution < -0.4 is 10.6 Å². The van der Waals surface area contributed by atoms with E-state index in [4.69, 9.17) is 4.42 Å². The fourth-order valence-corrected chi connectivity index (χ4v) is 3.07. The van der Waals surface area contributed by atoms with E-state index in [0.717, 1.165) is 28.4 Å². The molecular weight excluding hydrogens is 368 g/mol. The van der Waals surface area contributed by atoms with E-state index in [9.17, 15) is 4.79 Å². The minimum absolute atomic E-state index is 0.161. The van der Waals surface area contributed by atoms with Gasteiger partial charge < -0.3 is 15.1 Å². The number of furan rings is 1. The molecule has 0 saturated heterocycles. The van der Waals surface area contributed by atoms with Gasteiger partial charge in [-0.2, -0.15) is 5.10 Å². The number of rotatable bonds is 5. The van der Waals surface area contributed by atoms with Gasteiger partial charge in [-0.3, -0.25) is 9.48 Å². The molecule has 4 aromatic rings. The zero-order valence-electron chi connectivity index (χ0n) is 16.8. The van der Waals surface area contributed by atoms with E-state index in [0.29, 0.717) is 29.3 Å². The lowest BCUT2D eigenvalue weighted by Crippen LogP contribution is -2.22. The molecule has 0 aliphatic rings. The molecular formula is C21H22N6O2. The summed E-state index contributed by atoms with van der Waals surface area (Å²) in [7, 11) is 1.88. The van der Waals surface area contributed by atoms with Gasteiger partial charge in [0.05, 0.1) is 12.2 Å². The van der Waals surface area contributed by atoms with Gasteiger partial charge >= 0.3 is 0 Å². The zero-order chi connectivity index (χ0) is 20.5. The number of amides is 1. The lowest BCUT2D eigenvalue weighted by molar-refractivity contribution is 0.0948. The summed E-state index contributed by atoms with van der Waals surface area (Å²) in [6.45, 7) is 6.05. The van der Waals surface area contributed by atoms with Crippen molar-refractivity contribution in [2.24, 2.45) is 7.05 Å². The van der Waals surface area contributed by atoms with Gasteiger partial charge in [0.25, 0.3) is 5.91 Å². The first-order valence-corrected chi connectivity index (χ1v) is 9.29. The topological polar surface area (TPSA) is 97.9 Å². The van der Waals surface area contributed by atoms with Crippen LogP contribution in [0, 0.1) is 20.8 Å².